The molecule has 1 atom stereocenters. The van der Waals surface area contributed by atoms with Crippen LogP contribution < -0.4 is 25.8 Å². The van der Waals surface area contributed by atoms with E-state index in [2.05, 4.69) is 15.6 Å². The number of anilines is 1. The summed E-state index contributed by atoms with van der Waals surface area (Å²) in [6.07, 6.45) is -4.45. The van der Waals surface area contributed by atoms with E-state index in [1.54, 1.807) is 30.3 Å². The fourth-order valence-electron chi connectivity index (χ4n) is 4.96. The van der Waals surface area contributed by atoms with Gasteiger partial charge in [-0.1, -0.05) is 30.3 Å². The van der Waals surface area contributed by atoms with Gasteiger partial charge in [0.25, 0.3) is 5.91 Å². The molecule has 2 amide bonds. The van der Waals surface area contributed by atoms with Gasteiger partial charge in [0.2, 0.25) is 5.60 Å². The number of hydrogen-bond acceptors (Lipinski definition) is 8. The van der Waals surface area contributed by atoms with Gasteiger partial charge in [0, 0.05) is 11.1 Å². The fraction of sp³-hybridized carbons (Fsp3) is 0.306. The monoisotopic (exact) mass is 696 g/mol. The maximum absolute atomic E-state index is 14.9. The third kappa shape index (κ3) is 8.25. The van der Waals surface area contributed by atoms with Crippen molar-refractivity contribution in [1.29, 1.82) is 0 Å². The minimum Gasteiger partial charge on any atom is -0.493 e. The second kappa shape index (κ2) is 14.2. The number of benzene rings is 3. The molecule has 5 rings (SSSR count). The second-order valence-electron chi connectivity index (χ2n) is 12.4. The van der Waals surface area contributed by atoms with E-state index in [4.69, 9.17) is 19.9 Å². The summed E-state index contributed by atoms with van der Waals surface area (Å²) < 4.78 is 75.0. The SMILES string of the molecule is COc1cc(C(=O)NCC(O)(c2cc(C(C)(C)NC(=O)OCc3ccccc3)cc(-c3ccc(F)c(N)c3)n2)C(F)(F)F)ccc1OC1CC1. The predicted molar refractivity (Wildman–Crippen MR) is 176 cm³/mol. The molecule has 1 fully saturated rings. The minimum absolute atomic E-state index is 0.0324. The Bertz CT molecular complexity index is 1870. The topological polar surface area (TPSA) is 145 Å². The number of aromatic nitrogens is 1. The summed E-state index contributed by atoms with van der Waals surface area (Å²) in [6.45, 7) is 1.61. The van der Waals surface area contributed by atoms with Crippen molar-refractivity contribution in [3.63, 3.8) is 0 Å². The Balaban J connectivity index is 1.47. The van der Waals surface area contributed by atoms with Gasteiger partial charge >= 0.3 is 12.3 Å². The highest BCUT2D eigenvalue weighted by molar-refractivity contribution is 5.95. The van der Waals surface area contributed by atoms with Crippen LogP contribution in [0.2, 0.25) is 0 Å². The van der Waals surface area contributed by atoms with E-state index < -0.39 is 47.4 Å². The smallest absolute Gasteiger partial charge is 0.424 e. The van der Waals surface area contributed by atoms with E-state index in [0.29, 0.717) is 11.3 Å². The number of ether oxygens (including phenoxy) is 3. The molecule has 50 heavy (non-hydrogen) atoms. The van der Waals surface area contributed by atoms with Crippen LogP contribution in [0.1, 0.15) is 53.9 Å². The van der Waals surface area contributed by atoms with E-state index >= 15 is 0 Å². The molecule has 1 unspecified atom stereocenters. The molecule has 0 saturated heterocycles. The van der Waals surface area contributed by atoms with Crippen molar-refractivity contribution in [2.24, 2.45) is 0 Å². The molecular formula is C36H36F4N4O6. The van der Waals surface area contributed by atoms with E-state index in [9.17, 15) is 32.3 Å². The van der Waals surface area contributed by atoms with Crippen molar-refractivity contribution in [2.75, 3.05) is 19.4 Å². The molecule has 3 aromatic carbocycles. The molecule has 14 heteroatoms. The zero-order valence-corrected chi connectivity index (χ0v) is 27.4. The molecule has 1 aliphatic carbocycles. The van der Waals surface area contributed by atoms with Crippen LogP contribution in [0.4, 0.5) is 28.0 Å². The third-order valence-corrected chi connectivity index (χ3v) is 8.11. The van der Waals surface area contributed by atoms with E-state index in [-0.39, 0.29) is 46.5 Å². The molecule has 264 valence electrons. The number of alkyl halides is 3. The largest absolute Gasteiger partial charge is 0.493 e. The zero-order chi connectivity index (χ0) is 36.3. The first-order valence-corrected chi connectivity index (χ1v) is 15.6. The van der Waals surface area contributed by atoms with E-state index in [0.717, 1.165) is 25.0 Å². The number of carbonyl (C=O) groups is 2. The van der Waals surface area contributed by atoms with Crippen LogP contribution in [0.15, 0.2) is 78.9 Å². The van der Waals surface area contributed by atoms with Gasteiger partial charge in [0.05, 0.1) is 42.4 Å². The van der Waals surface area contributed by atoms with Crippen LogP contribution in [0.3, 0.4) is 0 Å². The number of methoxy groups -OCH3 is 1. The third-order valence-electron chi connectivity index (χ3n) is 8.11. The first kappa shape index (κ1) is 35.9. The van der Waals surface area contributed by atoms with Gasteiger partial charge in [-0.25, -0.2) is 14.2 Å². The van der Waals surface area contributed by atoms with E-state index in [1.807, 2.05) is 0 Å². The highest BCUT2D eigenvalue weighted by Crippen LogP contribution is 2.41. The summed E-state index contributed by atoms with van der Waals surface area (Å²) in [4.78, 5) is 30.1. The minimum atomic E-state index is -5.36. The van der Waals surface area contributed by atoms with Gasteiger partial charge in [-0.15, -0.1) is 0 Å². The molecule has 0 radical (unpaired) electrons. The molecule has 1 saturated carbocycles. The Labute approximate surface area is 285 Å². The molecule has 1 heterocycles. The molecule has 4 aromatic rings. The molecule has 10 nitrogen and oxygen atoms in total. The van der Waals surface area contributed by atoms with E-state index in [1.165, 1.54) is 57.4 Å². The number of nitrogens with one attached hydrogen (secondary N) is 2. The summed E-state index contributed by atoms with van der Waals surface area (Å²) in [5, 5.41) is 16.2. The number of aliphatic hydroxyl groups is 1. The lowest BCUT2D eigenvalue weighted by atomic mass is 9.88. The molecule has 1 aromatic heterocycles. The number of alkyl carbamates (subject to hydrolysis) is 1. The molecule has 1 aliphatic rings. The standard InChI is InChI=1S/C36H36F4N4O6/c1-34(2,44-33(46)49-19-21-7-5-4-6-8-21)24-17-28(22-9-13-26(37)27(41)15-22)43-31(18-24)35(47,36(38,39)40)20-42-32(45)23-10-14-29(30(16-23)48-3)50-25-11-12-25/h4-10,13-18,25,47H,11-12,19-20,41H2,1-3H3,(H,42,45)(H,44,46). The van der Waals surface area contributed by atoms with Crippen molar-refractivity contribution in [2.45, 2.75) is 56.7 Å². The maximum Gasteiger partial charge on any atom is 0.424 e. The average molecular weight is 697 g/mol. The van der Waals surface area contributed by atoms with Crippen LogP contribution in [-0.4, -0.2) is 48.0 Å². The summed E-state index contributed by atoms with van der Waals surface area (Å²) in [5.74, 6) is -1.10. The molecular weight excluding hydrogens is 660 g/mol. The maximum atomic E-state index is 14.9. The first-order valence-electron chi connectivity index (χ1n) is 15.6. The predicted octanol–water partition coefficient (Wildman–Crippen LogP) is 6.36. The lowest BCUT2D eigenvalue weighted by Gasteiger charge is -2.33. The Morgan fingerprint density at radius 3 is 2.34 bits per heavy atom. The zero-order valence-electron chi connectivity index (χ0n) is 27.4. The van der Waals surface area contributed by atoms with Crippen molar-refractivity contribution in [3.8, 4) is 22.8 Å². The number of carbonyl (C=O) groups excluding carboxylic acids is 2. The van der Waals surface area contributed by atoms with Crippen LogP contribution >= 0.6 is 0 Å². The van der Waals surface area contributed by atoms with Crippen LogP contribution in [0.25, 0.3) is 11.3 Å². The summed E-state index contributed by atoms with van der Waals surface area (Å²) in [7, 11) is 1.36. The highest BCUT2D eigenvalue weighted by atomic mass is 19.4. The Kier molecular flexibility index (Phi) is 10.2. The number of rotatable bonds is 12. The Hall–Kier alpha value is -5.37. The van der Waals surface area contributed by atoms with Gasteiger partial charge in [0.1, 0.15) is 12.4 Å². The van der Waals surface area contributed by atoms with Gasteiger partial charge in [-0.3, -0.25) is 4.79 Å². The number of nitrogens with two attached hydrogens (primary N) is 1. The van der Waals surface area contributed by atoms with Gasteiger partial charge in [0.15, 0.2) is 11.5 Å². The Morgan fingerprint density at radius 1 is 0.980 bits per heavy atom. The lowest BCUT2D eigenvalue weighted by molar-refractivity contribution is -0.265. The number of hydrogen-bond donors (Lipinski definition) is 4. The fourth-order valence-corrected chi connectivity index (χ4v) is 4.96. The lowest BCUT2D eigenvalue weighted by Crippen LogP contribution is -2.52. The average Bonchev–Trinajstić information content (AvgIpc) is 3.91. The summed E-state index contributed by atoms with van der Waals surface area (Å²) in [6, 6.07) is 18.8. The van der Waals surface area contributed by atoms with Gasteiger partial charge in [-0.2, -0.15) is 13.2 Å². The number of nitrogen functional groups attached to an aromatic ring is 1. The van der Waals surface area contributed by atoms with Gasteiger partial charge in [-0.05, 0) is 86.3 Å². The molecule has 0 aliphatic heterocycles. The highest BCUT2D eigenvalue weighted by Gasteiger charge is 2.56. The summed E-state index contributed by atoms with van der Waals surface area (Å²) >= 11 is 0. The number of amides is 2. The number of pyridine rings is 1. The van der Waals surface area contributed by atoms with Gasteiger partial charge < -0.3 is 35.7 Å². The normalized spacial score (nSPS) is 14.3. The number of nitrogens with zero attached hydrogens (tertiary/aromatic N) is 1. The molecule has 0 spiro atoms. The van der Waals surface area contributed by atoms with Crippen molar-refractivity contribution in [3.05, 3.63) is 107 Å². The van der Waals surface area contributed by atoms with Crippen LogP contribution in [0, 0.1) is 5.82 Å². The van der Waals surface area contributed by atoms with Crippen molar-refractivity contribution < 1.29 is 46.5 Å². The van der Waals surface area contributed by atoms with Crippen LogP contribution in [-0.2, 0) is 22.5 Å². The second-order valence-corrected chi connectivity index (χ2v) is 12.4. The quantitative estimate of drug-likeness (QED) is 0.0990. The van der Waals surface area contributed by atoms with Crippen LogP contribution in [0.5, 0.6) is 11.5 Å². The number of halogens is 4. The summed E-state index contributed by atoms with van der Waals surface area (Å²) in [5.41, 5.74) is 0.158. The first-order chi connectivity index (χ1) is 23.6. The molecule has 5 N–H and O–H groups in total. The molecule has 0 bridgehead atoms. The van der Waals surface area contributed by atoms with Crippen molar-refractivity contribution in [1.82, 2.24) is 15.6 Å². The van der Waals surface area contributed by atoms with Crippen molar-refractivity contribution >= 4 is 17.7 Å². The Morgan fingerprint density at radius 2 is 1.70 bits per heavy atom.